The molecule has 0 spiro atoms. The number of hydrogen-bond donors (Lipinski definition) is 2. The number of nitrogen functional groups attached to an aromatic ring is 1. The Morgan fingerprint density at radius 1 is 1.30 bits per heavy atom. The lowest BCUT2D eigenvalue weighted by Crippen LogP contribution is -2.13. The molecule has 0 radical (unpaired) electrons. The smallest absolute Gasteiger partial charge is 0.251 e. The van der Waals surface area contributed by atoms with Gasteiger partial charge in [-0.3, -0.25) is 4.79 Å². The molecule has 0 bridgehead atoms. The van der Waals surface area contributed by atoms with Crippen LogP contribution in [0, 0.1) is 0 Å². The molecule has 0 unspecified atom stereocenters. The molecule has 0 aliphatic heterocycles. The van der Waals surface area contributed by atoms with Crippen molar-refractivity contribution >= 4 is 11.6 Å². The number of anilines is 1. The quantitative estimate of drug-likeness (QED) is 0.867. The molecular formula is C14H15N3O3. The molecule has 0 saturated carbocycles. The van der Waals surface area contributed by atoms with Crippen LogP contribution in [0.4, 0.5) is 5.69 Å². The van der Waals surface area contributed by atoms with E-state index in [9.17, 15) is 4.79 Å². The molecule has 6 heteroatoms. The summed E-state index contributed by atoms with van der Waals surface area (Å²) in [6.07, 6.45) is 1.34. The molecule has 20 heavy (non-hydrogen) atoms. The van der Waals surface area contributed by atoms with E-state index >= 15 is 0 Å². The number of nitrogens with zero attached hydrogens (tertiary/aromatic N) is 1. The summed E-state index contributed by atoms with van der Waals surface area (Å²) in [5, 5.41) is 0. The van der Waals surface area contributed by atoms with Gasteiger partial charge in [0.25, 0.3) is 5.91 Å². The maximum absolute atomic E-state index is 11.2. The third-order valence-electron chi connectivity index (χ3n) is 2.51. The largest absolute Gasteiger partial charge is 0.494 e. The minimum absolute atomic E-state index is 0.177. The second-order valence-corrected chi connectivity index (χ2v) is 3.98. The molecule has 0 aliphatic carbocycles. The van der Waals surface area contributed by atoms with Gasteiger partial charge in [-0.15, -0.1) is 0 Å². The molecule has 2 aromatic rings. The first-order chi connectivity index (χ1) is 9.60. The maximum atomic E-state index is 11.2. The molecule has 4 N–H and O–H groups in total. The van der Waals surface area contributed by atoms with Gasteiger partial charge in [0.2, 0.25) is 5.88 Å². The monoisotopic (exact) mass is 273 g/mol. The SMILES string of the molecule is CCOc1cccc(Oc2cc(C(N)=O)c(N)cn2)c1. The molecule has 0 atom stereocenters. The van der Waals surface area contributed by atoms with E-state index in [1.54, 1.807) is 18.2 Å². The van der Waals surface area contributed by atoms with Gasteiger partial charge in [0, 0.05) is 12.1 Å². The van der Waals surface area contributed by atoms with Gasteiger partial charge in [-0.1, -0.05) is 6.07 Å². The highest BCUT2D eigenvalue weighted by atomic mass is 16.5. The minimum Gasteiger partial charge on any atom is -0.494 e. The van der Waals surface area contributed by atoms with Gasteiger partial charge in [0.1, 0.15) is 11.5 Å². The van der Waals surface area contributed by atoms with E-state index in [1.807, 2.05) is 13.0 Å². The Balaban J connectivity index is 2.23. The average molecular weight is 273 g/mol. The molecule has 1 aromatic carbocycles. The summed E-state index contributed by atoms with van der Waals surface area (Å²) >= 11 is 0. The van der Waals surface area contributed by atoms with Crippen LogP contribution < -0.4 is 20.9 Å². The molecule has 104 valence electrons. The summed E-state index contributed by atoms with van der Waals surface area (Å²) in [5.41, 5.74) is 11.2. The van der Waals surface area contributed by atoms with E-state index in [-0.39, 0.29) is 17.1 Å². The van der Waals surface area contributed by atoms with Gasteiger partial charge in [-0.25, -0.2) is 4.98 Å². The Morgan fingerprint density at radius 2 is 2.05 bits per heavy atom. The Hall–Kier alpha value is -2.76. The normalized spacial score (nSPS) is 10.1. The number of carbonyl (C=O) groups is 1. The topological polar surface area (TPSA) is 100 Å². The van der Waals surface area contributed by atoms with E-state index in [1.165, 1.54) is 12.3 Å². The second-order valence-electron chi connectivity index (χ2n) is 3.98. The Bertz CT molecular complexity index is 629. The maximum Gasteiger partial charge on any atom is 0.251 e. The van der Waals surface area contributed by atoms with Crippen molar-refractivity contribution in [3.05, 3.63) is 42.1 Å². The van der Waals surface area contributed by atoms with E-state index in [0.29, 0.717) is 18.1 Å². The number of nitrogens with two attached hydrogens (primary N) is 2. The van der Waals surface area contributed by atoms with Gasteiger partial charge in [0.15, 0.2) is 0 Å². The fraction of sp³-hybridized carbons (Fsp3) is 0.143. The van der Waals surface area contributed by atoms with Crippen LogP contribution >= 0.6 is 0 Å². The highest BCUT2D eigenvalue weighted by Crippen LogP contribution is 2.25. The lowest BCUT2D eigenvalue weighted by atomic mass is 10.2. The third kappa shape index (κ3) is 3.17. The zero-order valence-corrected chi connectivity index (χ0v) is 11.0. The lowest BCUT2D eigenvalue weighted by molar-refractivity contribution is 0.100. The number of ether oxygens (including phenoxy) is 2. The van der Waals surface area contributed by atoms with Crippen LogP contribution in [0.1, 0.15) is 17.3 Å². The van der Waals surface area contributed by atoms with Gasteiger partial charge in [-0.05, 0) is 19.1 Å². The summed E-state index contributed by atoms with van der Waals surface area (Å²) < 4.78 is 10.9. The fourth-order valence-electron chi connectivity index (χ4n) is 1.63. The van der Waals surface area contributed by atoms with Crippen LogP contribution in [0.25, 0.3) is 0 Å². The van der Waals surface area contributed by atoms with Crippen LogP contribution in [-0.2, 0) is 0 Å². The molecule has 1 aromatic heterocycles. The van der Waals surface area contributed by atoms with Crippen molar-refractivity contribution in [3.8, 4) is 17.4 Å². The number of benzene rings is 1. The first kappa shape index (κ1) is 13.7. The van der Waals surface area contributed by atoms with Crippen molar-refractivity contribution in [2.24, 2.45) is 5.73 Å². The Kier molecular flexibility index (Phi) is 4.05. The predicted molar refractivity (Wildman–Crippen MR) is 74.9 cm³/mol. The molecule has 2 rings (SSSR count). The van der Waals surface area contributed by atoms with E-state index in [2.05, 4.69) is 4.98 Å². The van der Waals surface area contributed by atoms with E-state index in [0.717, 1.165) is 0 Å². The Labute approximate surface area is 116 Å². The van der Waals surface area contributed by atoms with Gasteiger partial charge >= 0.3 is 0 Å². The van der Waals surface area contributed by atoms with Crippen LogP contribution in [0.15, 0.2) is 36.5 Å². The summed E-state index contributed by atoms with van der Waals surface area (Å²) in [6, 6.07) is 8.51. The lowest BCUT2D eigenvalue weighted by Gasteiger charge is -2.09. The number of rotatable bonds is 5. The fourth-order valence-corrected chi connectivity index (χ4v) is 1.63. The molecule has 0 aliphatic rings. The molecule has 6 nitrogen and oxygen atoms in total. The van der Waals surface area contributed by atoms with E-state index in [4.69, 9.17) is 20.9 Å². The number of pyridine rings is 1. The first-order valence-electron chi connectivity index (χ1n) is 6.06. The summed E-state index contributed by atoms with van der Waals surface area (Å²) in [6.45, 7) is 2.46. The molecule has 0 fully saturated rings. The van der Waals surface area contributed by atoms with Crippen LogP contribution in [0.2, 0.25) is 0 Å². The molecule has 1 heterocycles. The van der Waals surface area contributed by atoms with Crippen molar-refractivity contribution in [2.45, 2.75) is 6.92 Å². The summed E-state index contributed by atoms with van der Waals surface area (Å²) in [4.78, 5) is 15.2. The van der Waals surface area contributed by atoms with Crippen molar-refractivity contribution in [1.82, 2.24) is 4.98 Å². The highest BCUT2D eigenvalue weighted by molar-refractivity contribution is 5.98. The third-order valence-corrected chi connectivity index (χ3v) is 2.51. The zero-order chi connectivity index (χ0) is 14.5. The standard InChI is InChI=1S/C14H15N3O3/c1-2-19-9-4-3-5-10(6-9)20-13-7-11(14(16)18)12(15)8-17-13/h3-8H,2,15H2,1H3,(H2,16,18). The Morgan fingerprint density at radius 3 is 2.75 bits per heavy atom. The van der Waals surface area contributed by atoms with Crippen LogP contribution in [0.3, 0.4) is 0 Å². The van der Waals surface area contributed by atoms with Gasteiger partial charge in [-0.2, -0.15) is 0 Å². The molecule has 0 saturated heterocycles. The summed E-state index contributed by atoms with van der Waals surface area (Å²) in [5.74, 6) is 0.846. The van der Waals surface area contributed by atoms with Crippen LogP contribution in [-0.4, -0.2) is 17.5 Å². The van der Waals surface area contributed by atoms with Crippen LogP contribution in [0.5, 0.6) is 17.4 Å². The average Bonchev–Trinajstić information content (AvgIpc) is 2.41. The molecule has 1 amide bonds. The van der Waals surface area contributed by atoms with Crippen molar-refractivity contribution in [3.63, 3.8) is 0 Å². The van der Waals surface area contributed by atoms with Crippen molar-refractivity contribution < 1.29 is 14.3 Å². The summed E-state index contributed by atoms with van der Waals surface area (Å²) in [7, 11) is 0. The minimum atomic E-state index is -0.627. The second kappa shape index (κ2) is 5.92. The zero-order valence-electron chi connectivity index (χ0n) is 11.0. The van der Waals surface area contributed by atoms with Gasteiger partial charge < -0.3 is 20.9 Å². The first-order valence-corrected chi connectivity index (χ1v) is 6.06. The highest BCUT2D eigenvalue weighted by Gasteiger charge is 2.09. The number of carbonyl (C=O) groups excluding carboxylic acids is 1. The van der Waals surface area contributed by atoms with Crippen molar-refractivity contribution in [2.75, 3.05) is 12.3 Å². The predicted octanol–water partition coefficient (Wildman–Crippen LogP) is 1.95. The number of hydrogen-bond acceptors (Lipinski definition) is 5. The number of aromatic nitrogens is 1. The van der Waals surface area contributed by atoms with Gasteiger partial charge in [0.05, 0.1) is 24.1 Å². The number of primary amides is 1. The van der Waals surface area contributed by atoms with Crippen molar-refractivity contribution in [1.29, 1.82) is 0 Å². The number of amides is 1. The van der Waals surface area contributed by atoms with E-state index < -0.39 is 5.91 Å². The molecular weight excluding hydrogens is 258 g/mol.